The van der Waals surface area contributed by atoms with Gasteiger partial charge in [-0.05, 0) is 125 Å². The van der Waals surface area contributed by atoms with E-state index in [0.717, 1.165) is 38.0 Å². The van der Waals surface area contributed by atoms with E-state index in [1.807, 2.05) is 0 Å². The molecular weight excluding hydrogens is 609 g/mol. The Kier molecular flexibility index (Phi) is 23.2. The van der Waals surface area contributed by atoms with Crippen LogP contribution in [0.25, 0.3) is 0 Å². The molecule has 0 atom stereocenters. The van der Waals surface area contributed by atoms with Gasteiger partial charge in [-0.3, -0.25) is 10.3 Å². The number of nitrogens with zero attached hydrogens (tertiary/aromatic N) is 1. The first-order valence-electron chi connectivity index (χ1n) is 14.2. The summed E-state index contributed by atoms with van der Waals surface area (Å²) in [6.07, 6.45) is 6.00. The SMILES string of the molecule is CC#CC#CC#CC#CC#CC#CC#CC#CC#CC#COCNCCC[Si](C)(C)O[Si](C)(C)O[Si](C)(C)CCCN=COC. The van der Waals surface area contributed by atoms with Crippen LogP contribution in [-0.4, -0.2) is 58.5 Å². The van der Waals surface area contributed by atoms with Crippen molar-refractivity contribution < 1.29 is 17.7 Å². The molecule has 0 aromatic carbocycles. The molecule has 6 nitrogen and oxygen atoms in total. The van der Waals surface area contributed by atoms with E-state index in [9.17, 15) is 0 Å². The second kappa shape index (κ2) is 25.9. The average Bonchev–Trinajstić information content (AvgIpc) is 2.95. The van der Waals surface area contributed by atoms with Crippen LogP contribution in [-0.2, 0) is 17.7 Å². The summed E-state index contributed by atoms with van der Waals surface area (Å²) in [4.78, 5) is 4.21. The highest BCUT2D eigenvalue weighted by atomic mass is 28.5. The molecule has 0 rings (SSSR count). The van der Waals surface area contributed by atoms with Crippen LogP contribution in [0.4, 0.5) is 0 Å². The van der Waals surface area contributed by atoms with Gasteiger partial charge in [0.05, 0.1) is 7.11 Å². The molecule has 0 aliphatic carbocycles. The van der Waals surface area contributed by atoms with Crippen LogP contribution in [0.1, 0.15) is 19.8 Å². The molecule has 0 fully saturated rings. The molecule has 45 heavy (non-hydrogen) atoms. The number of hydrogen-bond donors (Lipinski definition) is 1. The Labute approximate surface area is 275 Å². The average molecular weight is 649 g/mol. The van der Waals surface area contributed by atoms with Gasteiger partial charge in [0.2, 0.25) is 0 Å². The second-order valence-corrected chi connectivity index (χ2v) is 22.9. The Bertz CT molecular complexity index is 1630. The molecule has 0 aliphatic rings. The summed E-state index contributed by atoms with van der Waals surface area (Å²) in [5, 5.41) is 3.23. The molecule has 0 bridgehead atoms. The van der Waals surface area contributed by atoms with Crippen LogP contribution in [0.5, 0.6) is 0 Å². The first-order chi connectivity index (χ1) is 21.5. The van der Waals surface area contributed by atoms with Gasteiger partial charge in [-0.2, -0.15) is 0 Å². The maximum atomic E-state index is 6.66. The molecule has 0 aromatic heterocycles. The number of aliphatic imine (C=N–C) groups is 1. The summed E-state index contributed by atoms with van der Waals surface area (Å²) in [7, 11) is -4.31. The number of ether oxygens (including phenoxy) is 2. The van der Waals surface area contributed by atoms with Crippen molar-refractivity contribution in [2.24, 2.45) is 4.99 Å². The fourth-order valence-corrected chi connectivity index (χ4v) is 17.6. The van der Waals surface area contributed by atoms with Gasteiger partial charge in [0.15, 0.2) is 29.8 Å². The van der Waals surface area contributed by atoms with E-state index in [-0.39, 0.29) is 0 Å². The molecule has 0 unspecified atom stereocenters. The Balaban J connectivity index is 4.28. The zero-order valence-electron chi connectivity index (χ0n) is 27.6. The molecule has 0 amide bonds. The number of methoxy groups -OCH3 is 1. The van der Waals surface area contributed by atoms with E-state index in [4.69, 9.17) is 17.7 Å². The van der Waals surface area contributed by atoms with Gasteiger partial charge in [-0.25, -0.2) is 0 Å². The molecule has 0 radical (unpaired) electrons. The van der Waals surface area contributed by atoms with Crippen molar-refractivity contribution in [2.75, 3.05) is 26.9 Å². The van der Waals surface area contributed by atoms with Gasteiger partial charge >= 0.3 is 8.56 Å². The highest BCUT2D eigenvalue weighted by molar-refractivity contribution is 6.87. The monoisotopic (exact) mass is 648 g/mol. The van der Waals surface area contributed by atoms with E-state index in [1.54, 1.807) is 14.0 Å². The summed E-state index contributed by atoms with van der Waals surface area (Å²) < 4.78 is 23.4. The van der Waals surface area contributed by atoms with Crippen molar-refractivity contribution in [1.29, 1.82) is 0 Å². The Hall–Kier alpha value is -4.60. The molecule has 0 spiro atoms. The lowest BCUT2D eigenvalue weighted by Crippen LogP contribution is -2.52. The summed E-state index contributed by atoms with van der Waals surface area (Å²) >= 11 is 0. The van der Waals surface area contributed by atoms with E-state index in [1.165, 1.54) is 6.40 Å². The van der Waals surface area contributed by atoms with Crippen LogP contribution in [0.3, 0.4) is 0 Å². The molecule has 9 heteroatoms. The summed E-state index contributed by atoms with van der Waals surface area (Å²) in [6.45, 7) is 17.0. The van der Waals surface area contributed by atoms with Gasteiger partial charge in [-0.15, -0.1) is 0 Å². The molecule has 230 valence electrons. The third-order valence-electron chi connectivity index (χ3n) is 4.91. The van der Waals surface area contributed by atoms with Crippen molar-refractivity contribution in [3.05, 3.63) is 0 Å². The van der Waals surface area contributed by atoms with Crippen molar-refractivity contribution in [3.8, 4) is 119 Å². The second-order valence-electron chi connectivity index (χ2n) is 10.5. The fourth-order valence-electron chi connectivity index (χ4n) is 3.60. The molecule has 0 aromatic rings. The van der Waals surface area contributed by atoms with Crippen LogP contribution < -0.4 is 5.32 Å². The summed E-state index contributed by atoms with van der Waals surface area (Å²) in [5.74, 6) is 48.5. The lowest BCUT2D eigenvalue weighted by atomic mass is 10.4. The zero-order valence-corrected chi connectivity index (χ0v) is 30.6. The van der Waals surface area contributed by atoms with E-state index in [0.29, 0.717) is 6.73 Å². The molecule has 0 saturated carbocycles. The maximum absolute atomic E-state index is 6.66. The standard InChI is InChI=1S/C36H40N2O4Si3/c1-9-10-11-12-13-14-15-16-17-18-19-20-21-22-23-24-25-26-27-32-40-36-38-31-29-34-44(5,6)42-45(7,8)41-43(3,4)33-28-30-37-35-39-2/h35,38H,28-31,33-34,36H2,1-8H3. The minimum absolute atomic E-state index is 0.316. The minimum atomic E-state index is -2.23. The zero-order chi connectivity index (χ0) is 33.5. The minimum Gasteiger partial charge on any atom is -0.487 e. The van der Waals surface area contributed by atoms with Crippen molar-refractivity contribution in [2.45, 2.75) is 71.1 Å². The van der Waals surface area contributed by atoms with Crippen LogP contribution in [0, 0.1) is 119 Å². The highest BCUT2D eigenvalue weighted by Gasteiger charge is 2.39. The van der Waals surface area contributed by atoms with Crippen LogP contribution in [0.15, 0.2) is 4.99 Å². The summed E-state index contributed by atoms with van der Waals surface area (Å²) in [5.41, 5.74) is 0. The summed E-state index contributed by atoms with van der Waals surface area (Å²) in [6, 6.07) is 2.08. The van der Waals surface area contributed by atoms with E-state index < -0.39 is 25.2 Å². The number of nitrogens with one attached hydrogen (secondary N) is 1. The van der Waals surface area contributed by atoms with Crippen molar-refractivity contribution in [3.63, 3.8) is 0 Å². The lowest BCUT2D eigenvalue weighted by molar-refractivity contribution is 0.247. The topological polar surface area (TPSA) is 61.3 Å². The Morgan fingerprint density at radius 2 is 1.02 bits per heavy atom. The molecule has 0 heterocycles. The first-order valence-corrected chi connectivity index (χ1v) is 23.2. The van der Waals surface area contributed by atoms with Crippen LogP contribution >= 0.6 is 0 Å². The normalized spacial score (nSPS) is 9.24. The largest absolute Gasteiger partial charge is 0.487 e. The van der Waals surface area contributed by atoms with Crippen molar-refractivity contribution >= 4 is 31.6 Å². The molecule has 0 saturated heterocycles. The predicted molar refractivity (Wildman–Crippen MR) is 191 cm³/mol. The quantitative estimate of drug-likeness (QED) is 0.0722. The maximum Gasteiger partial charge on any atom is 0.311 e. The first kappa shape index (κ1) is 40.4. The Morgan fingerprint density at radius 3 is 1.47 bits per heavy atom. The molecular formula is C36H40N2O4Si3. The Morgan fingerprint density at radius 1 is 0.600 bits per heavy atom. The number of hydrogen-bond acceptors (Lipinski definition) is 6. The van der Waals surface area contributed by atoms with E-state index in [2.05, 4.69) is 168 Å². The fraction of sp³-hybridized carbons (Fsp3) is 0.417. The highest BCUT2D eigenvalue weighted by Crippen LogP contribution is 2.25. The van der Waals surface area contributed by atoms with Crippen LogP contribution in [0.2, 0.25) is 51.4 Å². The lowest BCUT2D eigenvalue weighted by Gasteiger charge is -2.38. The van der Waals surface area contributed by atoms with Crippen molar-refractivity contribution in [1.82, 2.24) is 5.32 Å². The predicted octanol–water partition coefficient (Wildman–Crippen LogP) is 4.16. The third kappa shape index (κ3) is 29.3. The third-order valence-corrected chi connectivity index (χ3v) is 16.4. The smallest absolute Gasteiger partial charge is 0.311 e. The molecule has 1 N–H and O–H groups in total. The van der Waals surface area contributed by atoms with Gasteiger partial charge in [0.1, 0.15) is 6.11 Å². The number of rotatable bonds is 15. The van der Waals surface area contributed by atoms with Gasteiger partial charge in [0, 0.05) is 65.7 Å². The van der Waals surface area contributed by atoms with Gasteiger partial charge < -0.3 is 17.7 Å². The van der Waals surface area contributed by atoms with E-state index >= 15 is 0 Å². The molecule has 0 aliphatic heterocycles. The van der Waals surface area contributed by atoms with Gasteiger partial charge in [-0.1, -0.05) is 5.92 Å². The van der Waals surface area contributed by atoms with Gasteiger partial charge in [0.25, 0.3) is 0 Å².